The van der Waals surface area contributed by atoms with Crippen LogP contribution < -0.4 is 0 Å². The first-order valence-electron chi connectivity index (χ1n) is 13.0. The van der Waals surface area contributed by atoms with Gasteiger partial charge in [-0.15, -0.1) is 0 Å². The fourth-order valence-corrected chi connectivity index (χ4v) is 5.78. The summed E-state index contributed by atoms with van der Waals surface area (Å²) in [5.41, 5.74) is 3.06. The standard InChI is InChI=1S/C30H37F3/c1-2-3-4-5-7-21-10-12-22(13-11-21)14-15-23-16-18-25-24(20-23)17-19-27(29(25)32)26-8-6-9-28(31)30(26)33/h6,8-9,17,19-22H,2-5,7,10-16,18H2,1H3. The van der Waals surface area contributed by atoms with Crippen LogP contribution in [0.4, 0.5) is 13.2 Å². The van der Waals surface area contributed by atoms with Crippen LogP contribution in [-0.2, 0) is 6.42 Å². The molecule has 0 nitrogen and oxygen atoms in total. The van der Waals surface area contributed by atoms with Crippen LogP contribution in [0.3, 0.4) is 0 Å². The maximum absolute atomic E-state index is 15.2. The molecule has 2 aliphatic rings. The van der Waals surface area contributed by atoms with Gasteiger partial charge in [-0.1, -0.05) is 101 Å². The molecule has 4 rings (SSSR count). The molecule has 2 aromatic carbocycles. The van der Waals surface area contributed by atoms with Crippen LogP contribution in [0.25, 0.3) is 17.2 Å². The van der Waals surface area contributed by atoms with E-state index in [1.165, 1.54) is 81.9 Å². The highest BCUT2D eigenvalue weighted by atomic mass is 19.2. The second-order valence-electron chi connectivity index (χ2n) is 10.2. The predicted molar refractivity (Wildman–Crippen MR) is 131 cm³/mol. The number of unbranched alkanes of at least 4 members (excludes halogenated alkanes) is 3. The number of benzene rings is 2. The van der Waals surface area contributed by atoms with Gasteiger partial charge in [0.15, 0.2) is 11.6 Å². The molecular formula is C30H37F3. The van der Waals surface area contributed by atoms with Crippen LogP contribution in [0.2, 0.25) is 0 Å². The van der Waals surface area contributed by atoms with Gasteiger partial charge < -0.3 is 0 Å². The molecule has 1 fully saturated rings. The zero-order valence-corrected chi connectivity index (χ0v) is 19.9. The number of allylic oxidation sites excluding steroid dienone is 1. The Labute approximate surface area is 197 Å². The Morgan fingerprint density at radius 1 is 0.758 bits per heavy atom. The van der Waals surface area contributed by atoms with Gasteiger partial charge in [-0.3, -0.25) is 0 Å². The second-order valence-corrected chi connectivity index (χ2v) is 10.2. The normalized spacial score (nSPS) is 20.4. The van der Waals surface area contributed by atoms with Gasteiger partial charge in [0, 0.05) is 11.1 Å². The third-order valence-electron chi connectivity index (χ3n) is 7.88. The Kier molecular flexibility index (Phi) is 8.33. The van der Waals surface area contributed by atoms with E-state index in [9.17, 15) is 8.78 Å². The summed E-state index contributed by atoms with van der Waals surface area (Å²) in [5.74, 6) is -0.575. The average Bonchev–Trinajstić information content (AvgIpc) is 2.83. The van der Waals surface area contributed by atoms with Crippen molar-refractivity contribution in [1.29, 1.82) is 0 Å². The van der Waals surface area contributed by atoms with E-state index in [1.54, 1.807) is 6.07 Å². The molecule has 0 radical (unpaired) electrons. The highest BCUT2D eigenvalue weighted by Crippen LogP contribution is 2.38. The minimum Gasteiger partial charge on any atom is -0.206 e. The summed E-state index contributed by atoms with van der Waals surface area (Å²) in [6.45, 7) is 2.27. The van der Waals surface area contributed by atoms with Gasteiger partial charge in [0.2, 0.25) is 0 Å². The van der Waals surface area contributed by atoms with E-state index in [2.05, 4.69) is 13.0 Å². The average molecular weight is 455 g/mol. The van der Waals surface area contributed by atoms with Crippen molar-refractivity contribution in [1.82, 2.24) is 0 Å². The molecular weight excluding hydrogens is 417 g/mol. The van der Waals surface area contributed by atoms with Crippen molar-refractivity contribution in [2.24, 2.45) is 11.8 Å². The van der Waals surface area contributed by atoms with Crippen molar-refractivity contribution in [3.05, 3.63) is 64.5 Å². The highest BCUT2D eigenvalue weighted by Gasteiger charge is 2.23. The molecule has 0 saturated heterocycles. The highest BCUT2D eigenvalue weighted by molar-refractivity contribution is 5.71. The van der Waals surface area contributed by atoms with Gasteiger partial charge in [-0.2, -0.15) is 0 Å². The smallest absolute Gasteiger partial charge is 0.166 e. The summed E-state index contributed by atoms with van der Waals surface area (Å²) in [6, 6.07) is 7.37. The molecule has 3 heteroatoms. The van der Waals surface area contributed by atoms with E-state index >= 15 is 4.39 Å². The lowest BCUT2D eigenvalue weighted by Crippen LogP contribution is -2.15. The molecule has 33 heavy (non-hydrogen) atoms. The molecule has 0 unspecified atom stereocenters. The zero-order chi connectivity index (χ0) is 23.2. The van der Waals surface area contributed by atoms with Crippen LogP contribution in [-0.4, -0.2) is 0 Å². The van der Waals surface area contributed by atoms with Crippen molar-refractivity contribution in [3.63, 3.8) is 0 Å². The van der Waals surface area contributed by atoms with Crippen molar-refractivity contribution in [3.8, 4) is 11.1 Å². The van der Waals surface area contributed by atoms with Crippen LogP contribution in [0.15, 0.2) is 35.9 Å². The van der Waals surface area contributed by atoms with E-state index in [4.69, 9.17) is 0 Å². The quantitative estimate of drug-likeness (QED) is 0.331. The maximum Gasteiger partial charge on any atom is 0.166 e. The lowest BCUT2D eigenvalue weighted by molar-refractivity contribution is 0.248. The fourth-order valence-electron chi connectivity index (χ4n) is 5.78. The van der Waals surface area contributed by atoms with E-state index < -0.39 is 17.5 Å². The monoisotopic (exact) mass is 454 g/mol. The number of rotatable bonds is 9. The van der Waals surface area contributed by atoms with E-state index in [0.717, 1.165) is 36.3 Å². The Bertz CT molecular complexity index is 967. The predicted octanol–water partition coefficient (Wildman–Crippen LogP) is 9.66. The second kappa shape index (κ2) is 11.4. The summed E-state index contributed by atoms with van der Waals surface area (Å²) < 4.78 is 43.0. The Morgan fingerprint density at radius 2 is 1.48 bits per heavy atom. The van der Waals surface area contributed by atoms with E-state index in [1.807, 2.05) is 6.07 Å². The third-order valence-corrected chi connectivity index (χ3v) is 7.88. The fraction of sp³-hybridized carbons (Fsp3) is 0.533. The molecule has 0 bridgehead atoms. The molecule has 2 aliphatic carbocycles. The molecule has 2 aromatic rings. The van der Waals surface area contributed by atoms with Crippen molar-refractivity contribution < 1.29 is 13.2 Å². The van der Waals surface area contributed by atoms with E-state index in [0.29, 0.717) is 12.0 Å². The largest absolute Gasteiger partial charge is 0.206 e. The van der Waals surface area contributed by atoms with E-state index in [-0.39, 0.29) is 11.1 Å². The molecule has 0 aliphatic heterocycles. The van der Waals surface area contributed by atoms with Gasteiger partial charge in [-0.25, -0.2) is 13.2 Å². The molecule has 0 spiro atoms. The molecule has 0 heterocycles. The number of halogens is 3. The maximum atomic E-state index is 15.2. The summed E-state index contributed by atoms with van der Waals surface area (Å²) in [7, 11) is 0. The summed E-state index contributed by atoms with van der Waals surface area (Å²) >= 11 is 0. The molecule has 0 amide bonds. The molecule has 178 valence electrons. The van der Waals surface area contributed by atoms with Crippen LogP contribution >= 0.6 is 0 Å². The third kappa shape index (κ3) is 5.91. The van der Waals surface area contributed by atoms with Crippen LogP contribution in [0.1, 0.15) is 95.1 Å². The Balaban J connectivity index is 1.33. The first-order valence-corrected chi connectivity index (χ1v) is 13.0. The van der Waals surface area contributed by atoms with Gasteiger partial charge >= 0.3 is 0 Å². The minimum atomic E-state index is -0.987. The molecule has 0 aromatic heterocycles. The molecule has 0 atom stereocenters. The zero-order valence-electron chi connectivity index (χ0n) is 19.9. The van der Waals surface area contributed by atoms with Gasteiger partial charge in [-0.05, 0) is 54.7 Å². The lowest BCUT2D eigenvalue weighted by Gasteiger charge is -2.29. The SMILES string of the molecule is CCCCCCC1CCC(CCC2=Cc3ccc(-c4cccc(F)c4F)c(F)c3CC2)CC1. The number of hydrogen-bond donors (Lipinski definition) is 0. The Morgan fingerprint density at radius 3 is 2.24 bits per heavy atom. The van der Waals surface area contributed by atoms with Crippen molar-refractivity contribution >= 4 is 6.08 Å². The first kappa shape index (κ1) is 24.1. The van der Waals surface area contributed by atoms with Crippen molar-refractivity contribution in [2.75, 3.05) is 0 Å². The minimum absolute atomic E-state index is 0.00829. The number of fused-ring (bicyclic) bond motifs is 1. The topological polar surface area (TPSA) is 0 Å². The van der Waals surface area contributed by atoms with Gasteiger partial charge in [0.1, 0.15) is 5.82 Å². The summed E-state index contributed by atoms with van der Waals surface area (Å²) in [4.78, 5) is 0. The van der Waals surface area contributed by atoms with Crippen molar-refractivity contribution in [2.45, 2.75) is 90.4 Å². The van der Waals surface area contributed by atoms with Crippen LogP contribution in [0.5, 0.6) is 0 Å². The number of hydrogen-bond acceptors (Lipinski definition) is 0. The van der Waals surface area contributed by atoms with Gasteiger partial charge in [0.05, 0.1) is 0 Å². The summed E-state index contributed by atoms with van der Waals surface area (Å²) in [6.07, 6.45) is 18.3. The molecule has 1 saturated carbocycles. The Hall–Kier alpha value is -2.03. The summed E-state index contributed by atoms with van der Waals surface area (Å²) in [5, 5.41) is 0. The first-order chi connectivity index (χ1) is 16.1. The molecule has 0 N–H and O–H groups in total. The van der Waals surface area contributed by atoms with Gasteiger partial charge in [0.25, 0.3) is 0 Å². The lowest BCUT2D eigenvalue weighted by atomic mass is 9.77. The van der Waals surface area contributed by atoms with Crippen LogP contribution in [0, 0.1) is 29.3 Å².